The number of benzene rings is 3. The summed E-state index contributed by atoms with van der Waals surface area (Å²) < 4.78 is 25.9. The number of nitrogens with one attached hydrogen (secondary N) is 3. The van der Waals surface area contributed by atoms with Gasteiger partial charge in [0.1, 0.15) is 61.4 Å². The number of aliphatic hydroxyl groups excluding tert-OH is 5. The zero-order valence-electron chi connectivity index (χ0n) is 32.8. The Labute approximate surface area is 349 Å². The fourth-order valence-electron chi connectivity index (χ4n) is 9.56. The Bertz CT molecular complexity index is 2280. The lowest BCUT2D eigenvalue weighted by Gasteiger charge is -2.47. The van der Waals surface area contributed by atoms with E-state index in [1.54, 1.807) is 12.1 Å². The molecule has 10 unspecified atom stereocenters. The highest BCUT2D eigenvalue weighted by atomic mass is 16.7. The quantitative estimate of drug-likeness (QED) is 0.101. The molecule has 9 rings (SSSR count). The third-order valence-electron chi connectivity index (χ3n) is 12.6. The number of carbonyl (C=O) groups excluding carboxylic acids is 4. The van der Waals surface area contributed by atoms with E-state index in [2.05, 4.69) is 16.0 Å². The lowest BCUT2D eigenvalue weighted by molar-refractivity contribution is -0.304. The van der Waals surface area contributed by atoms with Gasteiger partial charge in [-0.25, -0.2) is 0 Å². The number of aliphatic hydroxyl groups is 5. The summed E-state index contributed by atoms with van der Waals surface area (Å²) in [6.45, 7) is -0.751. The first-order valence-electron chi connectivity index (χ1n) is 20.3. The van der Waals surface area contributed by atoms with Crippen molar-refractivity contribution >= 4 is 29.4 Å². The minimum absolute atomic E-state index is 0.0248. The lowest BCUT2D eigenvalue weighted by Crippen LogP contribution is -2.70. The minimum Gasteiger partial charge on any atom is -0.492 e. The van der Waals surface area contributed by atoms with Crippen molar-refractivity contribution in [2.45, 2.75) is 106 Å². The number of anilines is 1. The van der Waals surface area contributed by atoms with Gasteiger partial charge in [0, 0.05) is 40.3 Å². The number of nitrogens with two attached hydrogens (primary N) is 1. The van der Waals surface area contributed by atoms with Crippen LogP contribution in [-0.2, 0) is 25.7 Å². The number of carbonyl (C=O) groups is 4. The van der Waals surface area contributed by atoms with Gasteiger partial charge in [0.25, 0.3) is 0 Å². The van der Waals surface area contributed by atoms with Gasteiger partial charge in [0.15, 0.2) is 23.1 Å². The van der Waals surface area contributed by atoms with E-state index >= 15 is 0 Å². The molecule has 6 aliphatic rings. The van der Waals surface area contributed by atoms with Gasteiger partial charge in [-0.1, -0.05) is 24.3 Å². The van der Waals surface area contributed by atoms with E-state index in [1.165, 1.54) is 30.5 Å². The number of fused-ring (bicyclic) bond motifs is 7. The van der Waals surface area contributed by atoms with Crippen molar-refractivity contribution in [3.63, 3.8) is 0 Å². The molecule has 18 heteroatoms. The van der Waals surface area contributed by atoms with Crippen LogP contribution in [0.1, 0.15) is 86.6 Å². The van der Waals surface area contributed by atoms with E-state index in [4.69, 9.17) is 24.7 Å². The number of hydrogen-bond acceptors (Lipinski definition) is 17. The molecule has 322 valence electrons. The normalized spacial score (nSPS) is 30.5. The van der Waals surface area contributed by atoms with Gasteiger partial charge in [0.05, 0.1) is 31.2 Å². The van der Waals surface area contributed by atoms with Gasteiger partial charge < -0.3 is 59.5 Å². The number of rotatable bonds is 8. The molecule has 1 spiro atoms. The maximum absolute atomic E-state index is 14.7. The van der Waals surface area contributed by atoms with Crippen molar-refractivity contribution in [3.05, 3.63) is 99.8 Å². The van der Waals surface area contributed by atoms with Crippen LogP contribution in [0.3, 0.4) is 0 Å². The van der Waals surface area contributed by atoms with Crippen LogP contribution >= 0.6 is 0 Å². The molecule has 2 aliphatic carbocycles. The highest BCUT2D eigenvalue weighted by Crippen LogP contribution is 2.51. The zero-order valence-corrected chi connectivity index (χ0v) is 32.8. The van der Waals surface area contributed by atoms with Crippen LogP contribution in [-0.4, -0.2) is 123 Å². The van der Waals surface area contributed by atoms with Crippen LogP contribution in [0.5, 0.6) is 11.5 Å². The highest BCUT2D eigenvalue weighted by molar-refractivity contribution is 6.29. The Kier molecular flexibility index (Phi) is 10.9. The molecule has 4 aliphatic heterocycles. The Balaban J connectivity index is 1.30. The summed E-state index contributed by atoms with van der Waals surface area (Å²) in [6.07, 6.45) is -5.33. The first-order valence-corrected chi connectivity index (χ1v) is 20.3. The van der Waals surface area contributed by atoms with Gasteiger partial charge in [-0.05, 0) is 67.2 Å². The summed E-state index contributed by atoms with van der Waals surface area (Å²) in [6, 6.07) is 12.5. The van der Waals surface area contributed by atoms with Gasteiger partial charge in [-0.2, -0.15) is 0 Å². The standard InChI is InChI=1S/C43H47N5O13/c44-42-46-39-30(40(57)47-42)45-19-48(39)28-6-2-1-5-23(28)22-10-14-59-43(11-3-4-12-43)38-34(55)33(54)35(56)41(61-38)60-36-26(22)16-27-29(37(36)58-18-21(51)9-13-49)32(53)25-15-20(17-50)7-8-24(25)31(27)52/h1-2,5-8,10,13-16,21-22,30,33-35,38-39,41-42,45-46,50-51,54-56H,3-4,9,11-12,17-19,44H2,(H,47,57). The molecular formula is C43H47N5O13. The Hall–Kier alpha value is -5.28. The molecule has 1 amide bonds. The molecule has 0 radical (unpaired) electrons. The predicted molar refractivity (Wildman–Crippen MR) is 212 cm³/mol. The number of hydrogen-bond donors (Lipinski definition) is 9. The lowest BCUT2D eigenvalue weighted by atomic mass is 9.79. The summed E-state index contributed by atoms with van der Waals surface area (Å²) in [4.78, 5) is 55.7. The molecule has 4 fully saturated rings. The van der Waals surface area contributed by atoms with Crippen molar-refractivity contribution in [2.75, 3.05) is 18.2 Å². The van der Waals surface area contributed by atoms with Gasteiger partial charge in [0.2, 0.25) is 12.2 Å². The number of aldehydes is 1. The Morgan fingerprint density at radius 1 is 0.967 bits per heavy atom. The van der Waals surface area contributed by atoms with Crippen LogP contribution in [0.4, 0.5) is 5.69 Å². The van der Waals surface area contributed by atoms with Crippen molar-refractivity contribution in [1.29, 1.82) is 0 Å². The molecule has 18 nitrogen and oxygen atoms in total. The molecule has 4 heterocycles. The maximum Gasteiger partial charge on any atom is 0.242 e. The van der Waals surface area contributed by atoms with Crippen molar-refractivity contribution in [1.82, 2.24) is 16.0 Å². The molecular weight excluding hydrogens is 794 g/mol. The molecule has 61 heavy (non-hydrogen) atoms. The summed E-state index contributed by atoms with van der Waals surface area (Å²) in [5, 5.41) is 64.2. The number of ether oxygens (including phenoxy) is 4. The van der Waals surface area contributed by atoms with E-state index in [1.807, 2.05) is 23.1 Å². The molecule has 10 atom stereocenters. The number of allylic oxidation sites excluding steroid dienone is 1. The third-order valence-corrected chi connectivity index (χ3v) is 12.6. The van der Waals surface area contributed by atoms with Gasteiger partial charge in [-0.3, -0.25) is 30.8 Å². The van der Waals surface area contributed by atoms with Crippen molar-refractivity contribution in [3.8, 4) is 11.5 Å². The predicted octanol–water partition coefficient (Wildman–Crippen LogP) is -0.518. The largest absolute Gasteiger partial charge is 0.492 e. The molecule has 3 saturated heterocycles. The average Bonchev–Trinajstić information content (AvgIpc) is 3.91. The highest BCUT2D eigenvalue weighted by Gasteiger charge is 2.56. The van der Waals surface area contributed by atoms with Crippen LogP contribution in [0, 0.1) is 0 Å². The van der Waals surface area contributed by atoms with E-state index in [-0.39, 0.29) is 58.3 Å². The van der Waals surface area contributed by atoms with E-state index in [0.29, 0.717) is 48.8 Å². The van der Waals surface area contributed by atoms with Crippen molar-refractivity contribution in [2.24, 2.45) is 5.73 Å². The molecule has 1 saturated carbocycles. The van der Waals surface area contributed by atoms with Crippen LogP contribution < -0.4 is 36.1 Å². The van der Waals surface area contributed by atoms with E-state index < -0.39 is 91.6 Å². The second-order valence-corrected chi connectivity index (χ2v) is 16.3. The second-order valence-electron chi connectivity index (χ2n) is 16.3. The minimum atomic E-state index is -1.85. The molecule has 2 bridgehead atoms. The summed E-state index contributed by atoms with van der Waals surface area (Å²) >= 11 is 0. The summed E-state index contributed by atoms with van der Waals surface area (Å²) in [5.74, 6) is -3.01. The van der Waals surface area contributed by atoms with Crippen LogP contribution in [0.2, 0.25) is 0 Å². The Morgan fingerprint density at radius 2 is 1.75 bits per heavy atom. The smallest absolute Gasteiger partial charge is 0.242 e. The Morgan fingerprint density at radius 3 is 2.52 bits per heavy atom. The number of amides is 1. The average molecular weight is 842 g/mol. The van der Waals surface area contributed by atoms with Crippen LogP contribution in [0.15, 0.2) is 60.9 Å². The number of ketones is 2. The summed E-state index contributed by atoms with van der Waals surface area (Å²) in [7, 11) is 0. The monoisotopic (exact) mass is 841 g/mol. The molecule has 3 aromatic carbocycles. The molecule has 3 aromatic rings. The van der Waals surface area contributed by atoms with Crippen LogP contribution in [0.25, 0.3) is 0 Å². The second kappa shape index (κ2) is 16.2. The first kappa shape index (κ1) is 41.1. The van der Waals surface area contributed by atoms with Gasteiger partial charge >= 0.3 is 0 Å². The number of para-hydroxylation sites is 1. The fourth-order valence-corrected chi connectivity index (χ4v) is 9.56. The SMILES string of the molecule is NC1NC(=O)C2NCN(c3ccccc3C3C=COC4(CCCC4)C4OC(Oc5c3cc3c(c5OCC(O)CC=O)C(=O)c5cc(CO)ccc5C3=O)C(O)C(O)C4O)C2N1. The molecule has 10 N–H and O–H groups in total. The first-order chi connectivity index (χ1) is 29.4. The van der Waals surface area contributed by atoms with Crippen molar-refractivity contribution < 1.29 is 63.7 Å². The zero-order chi connectivity index (χ0) is 42.7. The summed E-state index contributed by atoms with van der Waals surface area (Å²) in [5.41, 5.74) is 6.48. The topological polar surface area (TPSA) is 272 Å². The third kappa shape index (κ3) is 6.97. The van der Waals surface area contributed by atoms with Gasteiger partial charge in [-0.15, -0.1) is 0 Å². The number of nitrogens with zero attached hydrogens (tertiary/aromatic N) is 1. The van der Waals surface area contributed by atoms with E-state index in [9.17, 15) is 44.7 Å². The van der Waals surface area contributed by atoms with E-state index in [0.717, 1.165) is 0 Å². The maximum atomic E-state index is 14.7. The molecule has 0 aromatic heterocycles. The fraction of sp³-hybridized carbons (Fsp3) is 0.442.